The largest absolute Gasteiger partial charge is 0.490 e. The number of rotatable bonds is 16. The summed E-state index contributed by atoms with van der Waals surface area (Å²) in [4.78, 5) is 24.0. The second kappa shape index (κ2) is 18.2. The van der Waals surface area contributed by atoms with Crippen LogP contribution in [0, 0.1) is 28.4 Å². The quantitative estimate of drug-likeness (QED) is 0.136. The first-order valence-corrected chi connectivity index (χ1v) is 12.1. The number of hydrogen-bond donors (Lipinski definition) is 3. The molecule has 0 saturated carbocycles. The second-order valence-electron chi connectivity index (χ2n) is 7.62. The Hall–Kier alpha value is -3.18. The standard InChI is InChI=1S/C25H34N4O5S/c1-19(2)7-6-10-28-23(30)16-32-13-14-33-24(35-18-26)17-34-22-9-5-8-21(15-22)25(31)29-12-11-27-20(3)4/h5,8-9,15,19,24,27H,3,10-14,16-17H2,1-2,4H3,(H,28,30)(H,29,31). The van der Waals surface area contributed by atoms with Gasteiger partial charge in [0.2, 0.25) is 5.91 Å². The molecule has 0 saturated heterocycles. The average molecular weight is 503 g/mol. The van der Waals surface area contributed by atoms with E-state index in [1.165, 1.54) is 0 Å². The van der Waals surface area contributed by atoms with Gasteiger partial charge >= 0.3 is 0 Å². The van der Waals surface area contributed by atoms with Gasteiger partial charge in [0, 0.05) is 30.3 Å². The van der Waals surface area contributed by atoms with Crippen LogP contribution in [0.3, 0.4) is 0 Å². The highest BCUT2D eigenvalue weighted by Crippen LogP contribution is 2.17. The molecule has 0 spiro atoms. The maximum absolute atomic E-state index is 12.3. The molecule has 1 aromatic carbocycles. The topological polar surface area (TPSA) is 122 Å². The lowest BCUT2D eigenvalue weighted by Crippen LogP contribution is -2.31. The maximum Gasteiger partial charge on any atom is 0.251 e. The Morgan fingerprint density at radius 2 is 1.94 bits per heavy atom. The molecule has 0 aromatic heterocycles. The summed E-state index contributed by atoms with van der Waals surface area (Å²) in [6.45, 7) is 11.2. The average Bonchev–Trinajstić information content (AvgIpc) is 2.82. The minimum absolute atomic E-state index is 0.0981. The minimum atomic E-state index is -0.561. The fourth-order valence-corrected chi connectivity index (χ4v) is 2.89. The SMILES string of the molecule is C=C(C)NCCNC(=O)c1cccc(OCC(OCCOCC(=O)NCC#CC(C)C)SC#N)c1. The van der Waals surface area contributed by atoms with Crippen LogP contribution >= 0.6 is 11.8 Å². The van der Waals surface area contributed by atoms with Gasteiger partial charge in [-0.3, -0.25) is 9.59 Å². The zero-order chi connectivity index (χ0) is 25.9. The number of nitrogens with one attached hydrogen (secondary N) is 3. The zero-order valence-corrected chi connectivity index (χ0v) is 21.3. The van der Waals surface area contributed by atoms with Crippen molar-refractivity contribution in [1.82, 2.24) is 16.0 Å². The third-order valence-electron chi connectivity index (χ3n) is 4.03. The van der Waals surface area contributed by atoms with Crippen LogP contribution in [0.5, 0.6) is 5.75 Å². The number of nitrogens with zero attached hydrogens (tertiary/aromatic N) is 1. The maximum atomic E-state index is 12.3. The molecule has 1 rings (SSSR count). The Bertz CT molecular complexity index is 920. The van der Waals surface area contributed by atoms with Crippen LogP contribution in [0.4, 0.5) is 0 Å². The third-order valence-corrected chi connectivity index (χ3v) is 4.67. The van der Waals surface area contributed by atoms with E-state index in [0.717, 1.165) is 17.5 Å². The molecule has 0 aliphatic heterocycles. The molecule has 3 N–H and O–H groups in total. The number of carbonyl (C=O) groups excluding carboxylic acids is 2. The molecule has 0 radical (unpaired) electrons. The molecule has 35 heavy (non-hydrogen) atoms. The highest BCUT2D eigenvalue weighted by atomic mass is 32.2. The Labute approximate surface area is 212 Å². The molecule has 10 heteroatoms. The van der Waals surface area contributed by atoms with Crippen LogP contribution in [0.2, 0.25) is 0 Å². The molecule has 190 valence electrons. The van der Waals surface area contributed by atoms with E-state index in [1.807, 2.05) is 26.2 Å². The Morgan fingerprint density at radius 3 is 2.66 bits per heavy atom. The Balaban J connectivity index is 2.35. The zero-order valence-electron chi connectivity index (χ0n) is 20.5. The second-order valence-corrected chi connectivity index (χ2v) is 8.56. The summed E-state index contributed by atoms with van der Waals surface area (Å²) in [5.41, 5.74) is 0.737. The van der Waals surface area contributed by atoms with Gasteiger partial charge in [-0.05, 0) is 36.9 Å². The van der Waals surface area contributed by atoms with Gasteiger partial charge in [-0.1, -0.05) is 38.3 Å². The summed E-state index contributed by atoms with van der Waals surface area (Å²) in [6, 6.07) is 6.76. The smallest absolute Gasteiger partial charge is 0.251 e. The minimum Gasteiger partial charge on any atom is -0.490 e. The molecule has 0 aliphatic rings. The number of thioether (sulfide) groups is 1. The summed E-state index contributed by atoms with van der Waals surface area (Å²) in [5, 5.41) is 19.5. The van der Waals surface area contributed by atoms with Gasteiger partial charge in [-0.25, -0.2) is 0 Å². The molecule has 0 fully saturated rings. The van der Waals surface area contributed by atoms with Crippen molar-refractivity contribution >= 4 is 23.6 Å². The molecule has 0 aliphatic carbocycles. The number of carbonyl (C=O) groups is 2. The van der Waals surface area contributed by atoms with Gasteiger partial charge in [-0.2, -0.15) is 5.26 Å². The van der Waals surface area contributed by atoms with Crippen LogP contribution in [0.1, 0.15) is 31.1 Å². The summed E-state index contributed by atoms with van der Waals surface area (Å²) in [5.74, 6) is 6.08. The van der Waals surface area contributed by atoms with Crippen LogP contribution in [0.15, 0.2) is 36.5 Å². The number of nitriles is 1. The van der Waals surface area contributed by atoms with Gasteiger partial charge in [0.25, 0.3) is 5.91 Å². The predicted octanol–water partition coefficient (Wildman–Crippen LogP) is 2.27. The van der Waals surface area contributed by atoms with Gasteiger partial charge in [-0.15, -0.1) is 0 Å². The van der Waals surface area contributed by atoms with Crippen LogP contribution in [0.25, 0.3) is 0 Å². The summed E-state index contributed by atoms with van der Waals surface area (Å²) in [6.07, 6.45) is 0. The van der Waals surface area contributed by atoms with Crippen LogP contribution < -0.4 is 20.7 Å². The lowest BCUT2D eigenvalue weighted by Gasteiger charge is -2.16. The molecule has 1 atom stereocenters. The lowest BCUT2D eigenvalue weighted by atomic mass is 10.2. The number of thiocyanates is 1. The van der Waals surface area contributed by atoms with Gasteiger partial charge < -0.3 is 30.2 Å². The first-order valence-electron chi connectivity index (χ1n) is 11.2. The number of hydrogen-bond acceptors (Lipinski definition) is 8. The molecular formula is C25H34N4O5S. The van der Waals surface area contributed by atoms with Gasteiger partial charge in [0.05, 0.1) is 19.8 Å². The summed E-state index contributed by atoms with van der Waals surface area (Å²) >= 11 is 0.917. The van der Waals surface area contributed by atoms with Crippen molar-refractivity contribution < 1.29 is 23.8 Å². The molecule has 0 bridgehead atoms. The van der Waals surface area contributed by atoms with Crippen molar-refractivity contribution in [3.63, 3.8) is 0 Å². The van der Waals surface area contributed by atoms with Crippen molar-refractivity contribution in [2.45, 2.75) is 26.2 Å². The summed E-state index contributed by atoms with van der Waals surface area (Å²) < 4.78 is 16.6. The third kappa shape index (κ3) is 15.4. The fourth-order valence-electron chi connectivity index (χ4n) is 2.47. The Kier molecular flexibility index (Phi) is 15.5. The summed E-state index contributed by atoms with van der Waals surface area (Å²) in [7, 11) is 0. The fraction of sp³-hybridized carbons (Fsp3) is 0.480. The highest BCUT2D eigenvalue weighted by molar-refractivity contribution is 8.04. The van der Waals surface area contributed by atoms with E-state index in [9.17, 15) is 9.59 Å². The molecule has 9 nitrogen and oxygen atoms in total. The first kappa shape index (κ1) is 29.9. The highest BCUT2D eigenvalue weighted by Gasteiger charge is 2.13. The van der Waals surface area contributed by atoms with E-state index < -0.39 is 5.44 Å². The normalized spacial score (nSPS) is 10.9. The van der Waals surface area contributed by atoms with E-state index >= 15 is 0 Å². The molecule has 1 aromatic rings. The first-order chi connectivity index (χ1) is 16.8. The van der Waals surface area contributed by atoms with Gasteiger partial charge in [0.15, 0.2) is 5.44 Å². The van der Waals surface area contributed by atoms with E-state index in [2.05, 4.69) is 34.4 Å². The van der Waals surface area contributed by atoms with Crippen molar-refractivity contribution in [2.75, 3.05) is 46.1 Å². The number of allylic oxidation sites excluding steroid dienone is 1. The predicted molar refractivity (Wildman–Crippen MR) is 136 cm³/mol. The molecule has 1 unspecified atom stereocenters. The van der Waals surface area contributed by atoms with Crippen molar-refractivity contribution in [1.29, 1.82) is 5.26 Å². The monoisotopic (exact) mass is 502 g/mol. The van der Waals surface area contributed by atoms with Crippen molar-refractivity contribution in [2.24, 2.45) is 5.92 Å². The van der Waals surface area contributed by atoms with Crippen LogP contribution in [-0.4, -0.2) is 63.3 Å². The number of ether oxygens (including phenoxy) is 3. The van der Waals surface area contributed by atoms with Crippen molar-refractivity contribution in [3.8, 4) is 23.0 Å². The molecule has 0 heterocycles. The van der Waals surface area contributed by atoms with E-state index in [4.69, 9.17) is 19.5 Å². The molecule has 2 amide bonds. The number of benzene rings is 1. The Morgan fingerprint density at radius 1 is 1.17 bits per heavy atom. The van der Waals surface area contributed by atoms with Gasteiger partial charge in [0.1, 0.15) is 24.4 Å². The molecular weight excluding hydrogens is 468 g/mol. The van der Waals surface area contributed by atoms with E-state index in [0.29, 0.717) is 24.4 Å². The van der Waals surface area contributed by atoms with E-state index in [-0.39, 0.29) is 50.7 Å². The lowest BCUT2D eigenvalue weighted by molar-refractivity contribution is -0.126. The van der Waals surface area contributed by atoms with Crippen molar-refractivity contribution in [3.05, 3.63) is 42.1 Å². The van der Waals surface area contributed by atoms with Crippen LogP contribution in [-0.2, 0) is 14.3 Å². The number of amides is 2. The van der Waals surface area contributed by atoms with E-state index in [1.54, 1.807) is 24.3 Å².